The summed E-state index contributed by atoms with van der Waals surface area (Å²) in [6, 6.07) is 11.0. The molecule has 0 spiro atoms. The molecule has 4 heteroatoms. The number of hydrogen-bond donors (Lipinski definition) is 1. The predicted octanol–water partition coefficient (Wildman–Crippen LogP) is 3.39. The Labute approximate surface area is 117 Å². The lowest BCUT2D eigenvalue weighted by atomic mass is 10.0. The molecule has 3 nitrogen and oxygen atoms in total. The number of benzene rings is 2. The van der Waals surface area contributed by atoms with Gasteiger partial charge in [0.1, 0.15) is 11.9 Å². The molecule has 1 N–H and O–H groups in total. The third kappa shape index (κ3) is 3.07. The maximum Gasteiger partial charge on any atom is 0.219 e. The third-order valence-corrected chi connectivity index (χ3v) is 3.26. The summed E-state index contributed by atoms with van der Waals surface area (Å²) in [5, 5.41) is 4.34. The average molecular weight is 275 g/mol. The van der Waals surface area contributed by atoms with E-state index in [-0.39, 0.29) is 12.5 Å². The number of amides is 1. The minimum atomic E-state index is -1.23. The number of ether oxygens (including phenoxy) is 1. The molecule has 0 aliphatic carbocycles. The lowest BCUT2D eigenvalue weighted by molar-refractivity contribution is -0.121. The Bertz CT molecular complexity index is 612. The van der Waals surface area contributed by atoms with Crippen LogP contribution in [-0.2, 0) is 4.79 Å². The van der Waals surface area contributed by atoms with E-state index in [2.05, 4.69) is 5.32 Å². The summed E-state index contributed by atoms with van der Waals surface area (Å²) in [6.45, 7) is 1.73. The third-order valence-electron chi connectivity index (χ3n) is 3.26. The molecular weight excluding hydrogens is 257 g/mol. The lowest BCUT2D eigenvalue weighted by Crippen LogP contribution is -2.26. The van der Waals surface area contributed by atoms with Gasteiger partial charge in [-0.2, -0.15) is 0 Å². The zero-order chi connectivity index (χ0) is 14.5. The molecular formula is C16H18FNO2. The van der Waals surface area contributed by atoms with E-state index < -0.39 is 6.17 Å². The van der Waals surface area contributed by atoms with Crippen LogP contribution in [0.25, 0.3) is 10.8 Å². The highest BCUT2D eigenvalue weighted by Crippen LogP contribution is 2.29. The maximum atomic E-state index is 14.3. The van der Waals surface area contributed by atoms with Crippen molar-refractivity contribution in [3.63, 3.8) is 0 Å². The number of fused-ring (bicyclic) bond motifs is 1. The van der Waals surface area contributed by atoms with Crippen molar-refractivity contribution in [3.8, 4) is 5.75 Å². The first-order chi connectivity index (χ1) is 9.65. The van der Waals surface area contributed by atoms with Gasteiger partial charge < -0.3 is 10.1 Å². The summed E-state index contributed by atoms with van der Waals surface area (Å²) in [4.78, 5) is 11.2. The Balaban J connectivity index is 2.30. The summed E-state index contributed by atoms with van der Waals surface area (Å²) < 4.78 is 19.5. The normalized spacial score (nSPS) is 12.2. The number of alkyl halides is 1. The summed E-state index contributed by atoms with van der Waals surface area (Å²) in [6.07, 6.45) is -0.878. The Morgan fingerprint density at radius 2 is 2.15 bits per heavy atom. The van der Waals surface area contributed by atoms with Crippen LogP contribution in [0.15, 0.2) is 36.4 Å². The highest BCUT2D eigenvalue weighted by atomic mass is 19.1. The number of hydrogen-bond acceptors (Lipinski definition) is 2. The van der Waals surface area contributed by atoms with E-state index in [9.17, 15) is 9.18 Å². The van der Waals surface area contributed by atoms with Crippen LogP contribution >= 0.6 is 0 Å². The van der Waals surface area contributed by atoms with Crippen molar-refractivity contribution in [1.29, 1.82) is 0 Å². The van der Waals surface area contributed by atoms with Gasteiger partial charge in [0.15, 0.2) is 0 Å². The van der Waals surface area contributed by atoms with Gasteiger partial charge in [-0.3, -0.25) is 4.79 Å². The zero-order valence-corrected chi connectivity index (χ0v) is 11.7. The van der Waals surface area contributed by atoms with Crippen molar-refractivity contribution >= 4 is 16.7 Å². The Kier molecular flexibility index (Phi) is 4.56. The maximum absolute atomic E-state index is 14.3. The van der Waals surface area contributed by atoms with Crippen molar-refractivity contribution in [2.45, 2.75) is 19.5 Å². The molecule has 0 aromatic heterocycles. The van der Waals surface area contributed by atoms with Gasteiger partial charge in [0.05, 0.1) is 13.7 Å². The van der Waals surface area contributed by atoms with E-state index in [0.29, 0.717) is 17.7 Å². The number of rotatable bonds is 5. The summed E-state index contributed by atoms with van der Waals surface area (Å²) in [5.74, 6) is 0.542. The molecule has 2 aromatic carbocycles. The highest BCUT2D eigenvalue weighted by Gasteiger charge is 2.14. The topological polar surface area (TPSA) is 38.3 Å². The first-order valence-electron chi connectivity index (χ1n) is 6.63. The molecule has 1 atom stereocenters. The van der Waals surface area contributed by atoms with Crippen LogP contribution in [-0.4, -0.2) is 19.6 Å². The zero-order valence-electron chi connectivity index (χ0n) is 11.7. The fraction of sp³-hybridized carbons (Fsp3) is 0.312. The van der Waals surface area contributed by atoms with Crippen LogP contribution in [0.2, 0.25) is 0 Å². The lowest BCUT2D eigenvalue weighted by Gasteiger charge is -2.13. The van der Waals surface area contributed by atoms with Crippen molar-refractivity contribution in [2.24, 2.45) is 0 Å². The minimum Gasteiger partial charge on any atom is -0.497 e. The quantitative estimate of drug-likeness (QED) is 0.908. The highest BCUT2D eigenvalue weighted by molar-refractivity contribution is 5.87. The molecule has 1 unspecified atom stereocenters. The molecule has 0 radical (unpaired) electrons. The van der Waals surface area contributed by atoms with E-state index in [0.717, 1.165) is 10.8 Å². The van der Waals surface area contributed by atoms with Crippen molar-refractivity contribution in [3.05, 3.63) is 42.0 Å². The molecule has 20 heavy (non-hydrogen) atoms. The van der Waals surface area contributed by atoms with E-state index >= 15 is 0 Å². The molecule has 0 aliphatic rings. The smallest absolute Gasteiger partial charge is 0.219 e. The van der Waals surface area contributed by atoms with Crippen LogP contribution in [0, 0.1) is 0 Å². The fourth-order valence-corrected chi connectivity index (χ4v) is 2.11. The molecule has 106 valence electrons. The first kappa shape index (κ1) is 14.3. The van der Waals surface area contributed by atoms with Gasteiger partial charge in [-0.05, 0) is 28.5 Å². The summed E-state index contributed by atoms with van der Waals surface area (Å²) in [5.41, 5.74) is 0.567. The van der Waals surface area contributed by atoms with Gasteiger partial charge >= 0.3 is 0 Å². The van der Waals surface area contributed by atoms with E-state index in [1.165, 1.54) is 0 Å². The number of methoxy groups -OCH3 is 1. The van der Waals surface area contributed by atoms with Crippen LogP contribution < -0.4 is 10.1 Å². The Hall–Kier alpha value is -2.10. The first-order valence-corrected chi connectivity index (χ1v) is 6.63. The fourth-order valence-electron chi connectivity index (χ4n) is 2.11. The second-order valence-corrected chi connectivity index (χ2v) is 4.56. The van der Waals surface area contributed by atoms with Gasteiger partial charge in [-0.25, -0.2) is 4.39 Å². The molecule has 0 aliphatic heterocycles. The Morgan fingerprint density at radius 3 is 2.85 bits per heavy atom. The predicted molar refractivity (Wildman–Crippen MR) is 77.6 cm³/mol. The second-order valence-electron chi connectivity index (χ2n) is 4.56. The number of nitrogens with one attached hydrogen (secondary N) is 1. The van der Waals surface area contributed by atoms with Crippen LogP contribution in [0.1, 0.15) is 25.1 Å². The number of halogens is 1. The second kappa shape index (κ2) is 6.37. The SMILES string of the molecule is CCC(=O)NCC(F)c1cccc2ccc(OC)cc12. The molecule has 0 saturated heterocycles. The average Bonchev–Trinajstić information content (AvgIpc) is 2.50. The minimum absolute atomic E-state index is 0.0109. The van der Waals surface area contributed by atoms with Gasteiger partial charge in [0, 0.05) is 6.42 Å². The molecule has 0 saturated carbocycles. The molecule has 0 fully saturated rings. The summed E-state index contributed by atoms with van der Waals surface area (Å²) >= 11 is 0. The summed E-state index contributed by atoms with van der Waals surface area (Å²) in [7, 11) is 1.58. The van der Waals surface area contributed by atoms with Gasteiger partial charge in [-0.15, -0.1) is 0 Å². The van der Waals surface area contributed by atoms with Crippen LogP contribution in [0.3, 0.4) is 0 Å². The van der Waals surface area contributed by atoms with Crippen molar-refractivity contribution < 1.29 is 13.9 Å². The van der Waals surface area contributed by atoms with Crippen molar-refractivity contribution in [1.82, 2.24) is 5.32 Å². The Morgan fingerprint density at radius 1 is 1.35 bits per heavy atom. The van der Waals surface area contributed by atoms with Gasteiger partial charge in [0.2, 0.25) is 5.91 Å². The molecule has 1 amide bonds. The molecule has 0 heterocycles. The van der Waals surface area contributed by atoms with Crippen molar-refractivity contribution in [2.75, 3.05) is 13.7 Å². The molecule has 2 rings (SSSR count). The van der Waals surface area contributed by atoms with E-state index in [1.807, 2.05) is 30.3 Å². The molecule has 0 bridgehead atoms. The van der Waals surface area contributed by atoms with Gasteiger partial charge in [-0.1, -0.05) is 31.2 Å². The van der Waals surface area contributed by atoms with Crippen LogP contribution in [0.5, 0.6) is 5.75 Å². The standard InChI is InChI=1S/C16H18FNO2/c1-3-16(19)18-10-15(17)13-6-4-5-11-7-8-12(20-2)9-14(11)13/h4-9,15H,3,10H2,1-2H3,(H,18,19). The number of carbonyl (C=O) groups is 1. The largest absolute Gasteiger partial charge is 0.497 e. The van der Waals surface area contributed by atoms with E-state index in [4.69, 9.17) is 4.74 Å². The van der Waals surface area contributed by atoms with Crippen LogP contribution in [0.4, 0.5) is 4.39 Å². The van der Waals surface area contributed by atoms with E-state index in [1.54, 1.807) is 20.1 Å². The monoisotopic (exact) mass is 275 g/mol. The number of carbonyl (C=O) groups excluding carboxylic acids is 1. The van der Waals surface area contributed by atoms with Gasteiger partial charge in [0.25, 0.3) is 0 Å². The molecule has 2 aromatic rings.